The molecule has 0 spiro atoms. The molecule has 0 bridgehead atoms. The summed E-state index contributed by atoms with van der Waals surface area (Å²) >= 11 is 0. The highest BCUT2D eigenvalue weighted by molar-refractivity contribution is 5.98. The Morgan fingerprint density at radius 2 is 1.72 bits per heavy atom. The minimum absolute atomic E-state index is 0.0632. The molecule has 0 aliphatic carbocycles. The third kappa shape index (κ3) is 4.69. The first-order chi connectivity index (χ1) is 12.1. The number of carbonyl (C=O) groups excluding carboxylic acids is 2. The molecule has 0 aromatic heterocycles. The molecule has 1 aromatic carbocycles. The largest absolute Gasteiger partial charge is 0.343 e. The van der Waals surface area contributed by atoms with Gasteiger partial charge in [0.15, 0.2) is 5.78 Å². The normalized spacial score (nSPS) is 21.1. The van der Waals surface area contributed by atoms with Gasteiger partial charge in [0.1, 0.15) is 0 Å². The molecule has 2 aliphatic rings. The first-order valence-corrected chi connectivity index (χ1v) is 9.73. The van der Waals surface area contributed by atoms with Crippen molar-refractivity contribution in [3.63, 3.8) is 0 Å². The summed E-state index contributed by atoms with van der Waals surface area (Å²) in [5.74, 6) is 1.70. The summed E-state index contributed by atoms with van der Waals surface area (Å²) in [5, 5.41) is 3.39. The summed E-state index contributed by atoms with van der Waals surface area (Å²) in [6, 6.07) is 9.53. The lowest BCUT2D eigenvalue weighted by atomic mass is 9.83. The van der Waals surface area contributed by atoms with Crippen molar-refractivity contribution in [2.45, 2.75) is 39.0 Å². The molecule has 1 N–H and O–H groups in total. The number of Topliss-reactive ketones (excluding diaryl/α,β-unsaturated/α-hetero) is 1. The molecular weight excluding hydrogens is 312 g/mol. The molecule has 1 unspecified atom stereocenters. The molecule has 2 fully saturated rings. The summed E-state index contributed by atoms with van der Waals surface area (Å²) in [6.07, 6.45) is 4.61. The average Bonchev–Trinajstić information content (AvgIpc) is 2.69. The molecule has 2 aliphatic heterocycles. The van der Waals surface area contributed by atoms with Gasteiger partial charge in [-0.2, -0.15) is 0 Å². The zero-order valence-electron chi connectivity index (χ0n) is 15.2. The number of piperidine rings is 2. The van der Waals surface area contributed by atoms with Gasteiger partial charge in [-0.15, -0.1) is 0 Å². The second kappa shape index (κ2) is 8.61. The van der Waals surface area contributed by atoms with Crippen molar-refractivity contribution < 1.29 is 9.59 Å². The summed E-state index contributed by atoms with van der Waals surface area (Å²) in [6.45, 7) is 5.83. The lowest BCUT2D eigenvalue weighted by Gasteiger charge is -2.34. The van der Waals surface area contributed by atoms with E-state index in [9.17, 15) is 9.59 Å². The predicted molar refractivity (Wildman–Crippen MR) is 99.5 cm³/mol. The van der Waals surface area contributed by atoms with E-state index in [1.807, 2.05) is 35.2 Å². The van der Waals surface area contributed by atoms with Gasteiger partial charge in [-0.1, -0.05) is 37.3 Å². The quantitative estimate of drug-likeness (QED) is 0.837. The third-order valence-electron chi connectivity index (χ3n) is 5.96. The molecular formula is C21H30N2O2. The van der Waals surface area contributed by atoms with Crippen LogP contribution >= 0.6 is 0 Å². The van der Waals surface area contributed by atoms with Gasteiger partial charge in [0.2, 0.25) is 5.91 Å². The van der Waals surface area contributed by atoms with E-state index in [-0.39, 0.29) is 17.6 Å². The fourth-order valence-electron chi connectivity index (χ4n) is 4.21. The fraction of sp³-hybridized carbons (Fsp3) is 0.619. The average molecular weight is 342 g/mol. The maximum atomic E-state index is 12.6. The van der Waals surface area contributed by atoms with Gasteiger partial charge < -0.3 is 10.2 Å². The van der Waals surface area contributed by atoms with Gasteiger partial charge in [-0.05, 0) is 50.6 Å². The molecule has 0 saturated carbocycles. The van der Waals surface area contributed by atoms with E-state index in [1.165, 1.54) is 12.8 Å². The van der Waals surface area contributed by atoms with E-state index >= 15 is 0 Å². The van der Waals surface area contributed by atoms with Gasteiger partial charge in [0.25, 0.3) is 0 Å². The highest BCUT2D eigenvalue weighted by Crippen LogP contribution is 2.27. The molecule has 1 atom stereocenters. The molecule has 4 heteroatoms. The predicted octanol–water partition coefficient (Wildman–Crippen LogP) is 3.13. The van der Waals surface area contributed by atoms with Crippen molar-refractivity contribution in [3.05, 3.63) is 35.9 Å². The molecule has 2 heterocycles. The van der Waals surface area contributed by atoms with Crippen LogP contribution in [-0.2, 0) is 4.79 Å². The lowest BCUT2D eigenvalue weighted by molar-refractivity contribution is -0.133. The Hall–Kier alpha value is -1.68. The van der Waals surface area contributed by atoms with Crippen LogP contribution < -0.4 is 5.32 Å². The highest BCUT2D eigenvalue weighted by Gasteiger charge is 2.29. The zero-order chi connectivity index (χ0) is 17.6. The van der Waals surface area contributed by atoms with Crippen LogP contribution in [0.2, 0.25) is 0 Å². The Bertz CT molecular complexity index is 573. The number of nitrogens with one attached hydrogen (secondary N) is 1. The summed E-state index contributed by atoms with van der Waals surface area (Å²) in [5.41, 5.74) is 0.798. The van der Waals surface area contributed by atoms with Crippen LogP contribution in [0, 0.1) is 17.8 Å². The van der Waals surface area contributed by atoms with Crippen LogP contribution in [0.25, 0.3) is 0 Å². The van der Waals surface area contributed by atoms with Gasteiger partial charge in [-0.3, -0.25) is 9.59 Å². The van der Waals surface area contributed by atoms with Crippen LogP contribution in [-0.4, -0.2) is 42.8 Å². The smallest absolute Gasteiger partial charge is 0.222 e. The molecule has 2 saturated heterocycles. The van der Waals surface area contributed by atoms with Crippen molar-refractivity contribution >= 4 is 11.7 Å². The van der Waals surface area contributed by atoms with E-state index in [4.69, 9.17) is 0 Å². The molecule has 25 heavy (non-hydrogen) atoms. The Kier molecular flexibility index (Phi) is 6.24. The van der Waals surface area contributed by atoms with Crippen molar-refractivity contribution in [1.82, 2.24) is 10.2 Å². The van der Waals surface area contributed by atoms with Crippen molar-refractivity contribution in [3.8, 4) is 0 Å². The van der Waals surface area contributed by atoms with Crippen LogP contribution in [0.3, 0.4) is 0 Å². The topological polar surface area (TPSA) is 49.4 Å². The molecule has 4 nitrogen and oxygen atoms in total. The number of hydrogen-bond donors (Lipinski definition) is 1. The molecule has 1 amide bonds. The van der Waals surface area contributed by atoms with Crippen LogP contribution in [0.4, 0.5) is 0 Å². The fourth-order valence-corrected chi connectivity index (χ4v) is 4.21. The van der Waals surface area contributed by atoms with Crippen molar-refractivity contribution in [1.29, 1.82) is 0 Å². The van der Waals surface area contributed by atoms with E-state index in [0.717, 1.165) is 44.6 Å². The second-order valence-corrected chi connectivity index (χ2v) is 7.65. The number of carbonyl (C=O) groups is 2. The maximum Gasteiger partial charge on any atom is 0.222 e. The number of nitrogens with zero attached hydrogens (tertiary/aromatic N) is 1. The Morgan fingerprint density at radius 1 is 1.08 bits per heavy atom. The number of likely N-dealkylation sites (tertiary alicyclic amines) is 1. The van der Waals surface area contributed by atoms with E-state index in [2.05, 4.69) is 12.2 Å². The SMILES string of the molecule is CC(CC(=O)N1CCC(C(=O)c2ccccc2)CC1)C1CCNCC1. The highest BCUT2D eigenvalue weighted by atomic mass is 16.2. The van der Waals surface area contributed by atoms with Crippen LogP contribution in [0.5, 0.6) is 0 Å². The number of amides is 1. The standard InChI is InChI=1S/C21H30N2O2/c1-16(17-7-11-22-12-8-17)15-20(24)23-13-9-19(10-14-23)21(25)18-5-3-2-4-6-18/h2-6,16-17,19,22H,7-15H2,1H3. The summed E-state index contributed by atoms with van der Waals surface area (Å²) < 4.78 is 0. The first kappa shape index (κ1) is 18.1. The number of ketones is 1. The Labute approximate surface area is 151 Å². The number of hydrogen-bond acceptors (Lipinski definition) is 3. The van der Waals surface area contributed by atoms with E-state index in [1.54, 1.807) is 0 Å². The van der Waals surface area contributed by atoms with Gasteiger partial charge in [-0.25, -0.2) is 0 Å². The Morgan fingerprint density at radius 3 is 2.36 bits per heavy atom. The number of benzene rings is 1. The summed E-state index contributed by atoms with van der Waals surface area (Å²) in [4.78, 5) is 27.2. The Balaban J connectivity index is 1.46. The lowest BCUT2D eigenvalue weighted by Crippen LogP contribution is -2.41. The van der Waals surface area contributed by atoms with Crippen molar-refractivity contribution in [2.75, 3.05) is 26.2 Å². The minimum Gasteiger partial charge on any atom is -0.343 e. The summed E-state index contributed by atoms with van der Waals surface area (Å²) in [7, 11) is 0. The van der Waals surface area contributed by atoms with Gasteiger partial charge in [0.05, 0.1) is 0 Å². The van der Waals surface area contributed by atoms with E-state index < -0.39 is 0 Å². The van der Waals surface area contributed by atoms with E-state index in [0.29, 0.717) is 18.3 Å². The zero-order valence-corrected chi connectivity index (χ0v) is 15.2. The first-order valence-electron chi connectivity index (χ1n) is 9.73. The monoisotopic (exact) mass is 342 g/mol. The van der Waals surface area contributed by atoms with Gasteiger partial charge >= 0.3 is 0 Å². The third-order valence-corrected chi connectivity index (χ3v) is 5.96. The molecule has 1 aromatic rings. The molecule has 136 valence electrons. The maximum absolute atomic E-state index is 12.6. The van der Waals surface area contributed by atoms with Crippen molar-refractivity contribution in [2.24, 2.45) is 17.8 Å². The number of rotatable bonds is 5. The van der Waals surface area contributed by atoms with Crippen LogP contribution in [0.1, 0.15) is 49.4 Å². The molecule has 3 rings (SSSR count). The molecule has 0 radical (unpaired) electrons. The van der Waals surface area contributed by atoms with Crippen LogP contribution in [0.15, 0.2) is 30.3 Å². The minimum atomic E-state index is 0.0632. The second-order valence-electron chi connectivity index (χ2n) is 7.65. The van der Waals surface area contributed by atoms with Gasteiger partial charge in [0, 0.05) is 31.0 Å².